The monoisotopic (exact) mass is 237 g/mol. The first kappa shape index (κ1) is 13.2. The van der Waals surface area contributed by atoms with Crippen molar-refractivity contribution in [2.75, 3.05) is 7.11 Å². The van der Waals surface area contributed by atoms with Crippen LogP contribution in [-0.4, -0.2) is 30.2 Å². The number of carbonyl (C=O) groups is 2. The van der Waals surface area contributed by atoms with Crippen molar-refractivity contribution in [2.45, 2.75) is 19.0 Å². The fourth-order valence-corrected chi connectivity index (χ4v) is 1.39. The molecule has 0 unspecified atom stereocenters. The molecule has 0 fully saturated rings. The highest BCUT2D eigenvalue weighted by molar-refractivity contribution is 5.81. The number of esters is 1. The average Bonchev–Trinajstić information content (AvgIpc) is 2.34. The number of hydrogen-bond donors (Lipinski definition) is 2. The number of aliphatic carboxylic acids is 1. The summed E-state index contributed by atoms with van der Waals surface area (Å²) in [5, 5.41) is 11.5. The zero-order valence-corrected chi connectivity index (χ0v) is 9.55. The molecule has 5 nitrogen and oxygen atoms in total. The van der Waals surface area contributed by atoms with Gasteiger partial charge in [-0.15, -0.1) is 0 Å². The van der Waals surface area contributed by atoms with Gasteiger partial charge in [0.15, 0.2) is 0 Å². The molecule has 0 amide bonds. The predicted molar refractivity (Wildman–Crippen MR) is 61.3 cm³/mol. The number of carboxylic acids is 1. The van der Waals surface area contributed by atoms with E-state index in [-0.39, 0.29) is 6.42 Å². The Hall–Kier alpha value is -1.88. The summed E-state index contributed by atoms with van der Waals surface area (Å²) in [5.41, 5.74) is 0.979. The number of rotatable bonds is 6. The Balaban J connectivity index is 2.55. The van der Waals surface area contributed by atoms with E-state index in [1.165, 1.54) is 7.11 Å². The van der Waals surface area contributed by atoms with Crippen molar-refractivity contribution in [1.82, 2.24) is 5.32 Å². The van der Waals surface area contributed by atoms with Crippen LogP contribution < -0.4 is 5.32 Å². The van der Waals surface area contributed by atoms with Gasteiger partial charge in [-0.3, -0.25) is 14.9 Å². The second-order valence-corrected chi connectivity index (χ2v) is 3.54. The van der Waals surface area contributed by atoms with Gasteiger partial charge in [0.1, 0.15) is 6.04 Å². The van der Waals surface area contributed by atoms with Crippen molar-refractivity contribution in [3.05, 3.63) is 35.9 Å². The zero-order chi connectivity index (χ0) is 12.7. The topological polar surface area (TPSA) is 75.6 Å². The van der Waals surface area contributed by atoms with Crippen LogP contribution in [0, 0.1) is 0 Å². The van der Waals surface area contributed by atoms with Crippen LogP contribution in [0.4, 0.5) is 0 Å². The second-order valence-electron chi connectivity index (χ2n) is 3.54. The zero-order valence-electron chi connectivity index (χ0n) is 9.55. The lowest BCUT2D eigenvalue weighted by molar-refractivity contribution is -0.148. The third-order valence-corrected chi connectivity index (χ3v) is 2.26. The minimum atomic E-state index is -1.04. The predicted octanol–water partition coefficient (Wildman–Crippen LogP) is 0.792. The molecule has 0 radical (unpaired) electrons. The van der Waals surface area contributed by atoms with Gasteiger partial charge in [-0.25, -0.2) is 0 Å². The molecule has 0 saturated heterocycles. The summed E-state index contributed by atoms with van der Waals surface area (Å²) >= 11 is 0. The van der Waals surface area contributed by atoms with E-state index < -0.39 is 18.0 Å². The number of ether oxygens (including phenoxy) is 1. The molecule has 1 atom stereocenters. The number of carbonyl (C=O) groups excluding carboxylic acids is 1. The van der Waals surface area contributed by atoms with Crippen molar-refractivity contribution < 1.29 is 19.4 Å². The van der Waals surface area contributed by atoms with Crippen LogP contribution in [0.25, 0.3) is 0 Å². The Morgan fingerprint density at radius 1 is 1.35 bits per heavy atom. The quantitative estimate of drug-likeness (QED) is 0.715. The van der Waals surface area contributed by atoms with E-state index in [0.717, 1.165) is 5.56 Å². The van der Waals surface area contributed by atoms with E-state index in [1.54, 1.807) is 0 Å². The maximum absolute atomic E-state index is 11.3. The number of benzene rings is 1. The SMILES string of the molecule is COC(=O)[C@H](CC(=O)O)NCc1ccccc1. The molecule has 1 rings (SSSR count). The van der Waals surface area contributed by atoms with Crippen LogP contribution >= 0.6 is 0 Å². The molecule has 0 saturated carbocycles. The maximum atomic E-state index is 11.3. The standard InChI is InChI=1S/C12H15NO4/c1-17-12(16)10(7-11(14)15)13-8-9-5-3-2-4-6-9/h2-6,10,13H,7-8H2,1H3,(H,14,15)/t10-/m0/s1. The molecule has 0 aliphatic rings. The molecular formula is C12H15NO4. The molecule has 0 bridgehead atoms. The van der Waals surface area contributed by atoms with Gasteiger partial charge in [0, 0.05) is 6.54 Å². The highest BCUT2D eigenvalue weighted by Gasteiger charge is 2.21. The van der Waals surface area contributed by atoms with Gasteiger partial charge in [0.05, 0.1) is 13.5 Å². The third kappa shape index (κ3) is 4.65. The van der Waals surface area contributed by atoms with E-state index in [0.29, 0.717) is 6.54 Å². The van der Waals surface area contributed by atoms with Crippen LogP contribution in [0.2, 0.25) is 0 Å². The van der Waals surface area contributed by atoms with E-state index in [1.807, 2.05) is 30.3 Å². The third-order valence-electron chi connectivity index (χ3n) is 2.26. The second kappa shape index (κ2) is 6.65. The van der Waals surface area contributed by atoms with Crippen molar-refractivity contribution in [2.24, 2.45) is 0 Å². The Morgan fingerprint density at radius 3 is 2.53 bits per heavy atom. The smallest absolute Gasteiger partial charge is 0.323 e. The fraction of sp³-hybridized carbons (Fsp3) is 0.333. The lowest BCUT2D eigenvalue weighted by Gasteiger charge is -2.14. The van der Waals surface area contributed by atoms with Gasteiger partial charge in [0.25, 0.3) is 0 Å². The van der Waals surface area contributed by atoms with E-state index in [9.17, 15) is 9.59 Å². The molecule has 1 aromatic carbocycles. The molecule has 92 valence electrons. The highest BCUT2D eigenvalue weighted by atomic mass is 16.5. The van der Waals surface area contributed by atoms with Gasteiger partial charge in [-0.05, 0) is 5.56 Å². The summed E-state index contributed by atoms with van der Waals surface area (Å²) in [6.07, 6.45) is -0.292. The summed E-state index contributed by atoms with van der Waals surface area (Å²) in [6, 6.07) is 8.60. The van der Waals surface area contributed by atoms with Gasteiger partial charge in [-0.1, -0.05) is 30.3 Å². The summed E-state index contributed by atoms with van der Waals surface area (Å²) < 4.78 is 4.54. The summed E-state index contributed by atoms with van der Waals surface area (Å²) in [5.74, 6) is -1.61. The molecule has 0 aliphatic heterocycles. The van der Waals surface area contributed by atoms with Crippen LogP contribution in [-0.2, 0) is 20.9 Å². The van der Waals surface area contributed by atoms with Crippen LogP contribution in [0.5, 0.6) is 0 Å². The van der Waals surface area contributed by atoms with Gasteiger partial charge >= 0.3 is 11.9 Å². The van der Waals surface area contributed by atoms with E-state index >= 15 is 0 Å². The van der Waals surface area contributed by atoms with Gasteiger partial charge in [0.2, 0.25) is 0 Å². The number of carboxylic acid groups (broad SMARTS) is 1. The average molecular weight is 237 g/mol. The first-order chi connectivity index (χ1) is 8.13. The fourth-order valence-electron chi connectivity index (χ4n) is 1.39. The van der Waals surface area contributed by atoms with Crippen LogP contribution in [0.1, 0.15) is 12.0 Å². The molecule has 0 heterocycles. The van der Waals surface area contributed by atoms with Crippen molar-refractivity contribution in [3.63, 3.8) is 0 Å². The minimum Gasteiger partial charge on any atom is -0.481 e. The van der Waals surface area contributed by atoms with Crippen LogP contribution in [0.15, 0.2) is 30.3 Å². The summed E-state index contributed by atoms with van der Waals surface area (Å²) in [6.45, 7) is 0.424. The van der Waals surface area contributed by atoms with Crippen molar-refractivity contribution in [1.29, 1.82) is 0 Å². The first-order valence-electron chi connectivity index (χ1n) is 5.20. The molecule has 5 heteroatoms. The molecule has 2 N–H and O–H groups in total. The number of methoxy groups -OCH3 is 1. The molecular weight excluding hydrogens is 222 g/mol. The summed E-state index contributed by atoms with van der Waals surface area (Å²) in [4.78, 5) is 21.9. The normalized spacial score (nSPS) is 11.8. The minimum absolute atomic E-state index is 0.292. The number of nitrogens with one attached hydrogen (secondary N) is 1. The first-order valence-corrected chi connectivity index (χ1v) is 5.20. The molecule has 0 aromatic heterocycles. The van der Waals surface area contributed by atoms with Gasteiger partial charge < -0.3 is 9.84 Å². The lowest BCUT2D eigenvalue weighted by atomic mass is 10.1. The highest BCUT2D eigenvalue weighted by Crippen LogP contribution is 2.01. The molecule has 17 heavy (non-hydrogen) atoms. The lowest BCUT2D eigenvalue weighted by Crippen LogP contribution is -2.38. The van der Waals surface area contributed by atoms with Crippen molar-refractivity contribution in [3.8, 4) is 0 Å². The number of hydrogen-bond acceptors (Lipinski definition) is 4. The Bertz CT molecular complexity index is 377. The Morgan fingerprint density at radius 2 is 2.00 bits per heavy atom. The largest absolute Gasteiger partial charge is 0.481 e. The Kier molecular flexibility index (Phi) is 5.16. The molecule has 0 spiro atoms. The van der Waals surface area contributed by atoms with Gasteiger partial charge in [-0.2, -0.15) is 0 Å². The van der Waals surface area contributed by atoms with Crippen LogP contribution in [0.3, 0.4) is 0 Å². The van der Waals surface area contributed by atoms with E-state index in [2.05, 4.69) is 10.1 Å². The Labute approximate surface area is 99.4 Å². The summed E-state index contributed by atoms with van der Waals surface area (Å²) in [7, 11) is 1.24. The molecule has 1 aromatic rings. The van der Waals surface area contributed by atoms with E-state index in [4.69, 9.17) is 5.11 Å². The molecule has 0 aliphatic carbocycles. The maximum Gasteiger partial charge on any atom is 0.323 e. The van der Waals surface area contributed by atoms with Crippen molar-refractivity contribution >= 4 is 11.9 Å².